The number of hydrogen-bond acceptors (Lipinski definition) is 4. The molecule has 0 aliphatic carbocycles. The molecule has 1 atom stereocenters. The smallest absolute Gasteiger partial charge is 0.446 e. The summed E-state index contributed by atoms with van der Waals surface area (Å²) in [4.78, 5) is 13.2. The number of hydrogen-bond donors (Lipinski definition) is 1. The highest BCUT2D eigenvalue weighted by atomic mass is 32.2. The van der Waals surface area contributed by atoms with E-state index in [1.807, 2.05) is 12.1 Å². The van der Waals surface area contributed by atoms with E-state index in [-0.39, 0.29) is 35.7 Å². The average Bonchev–Trinajstić information content (AvgIpc) is 3.07. The van der Waals surface area contributed by atoms with Gasteiger partial charge in [-0.15, -0.1) is 0 Å². The SMILES string of the molecule is O=C(O)C[C@@H]1CCCN1c1ccc(OCc2ccccc2SC(F)(F)F)cc1. The number of carbonyl (C=O) groups is 1. The molecule has 1 heterocycles. The van der Waals surface area contributed by atoms with Crippen LogP contribution in [0.15, 0.2) is 53.4 Å². The topological polar surface area (TPSA) is 49.8 Å². The molecule has 150 valence electrons. The Hall–Kier alpha value is -2.35. The maximum absolute atomic E-state index is 12.7. The van der Waals surface area contributed by atoms with Crippen molar-refractivity contribution in [1.82, 2.24) is 0 Å². The minimum Gasteiger partial charge on any atom is -0.489 e. The molecule has 2 aromatic carbocycles. The van der Waals surface area contributed by atoms with Gasteiger partial charge in [-0.3, -0.25) is 4.79 Å². The summed E-state index contributed by atoms with van der Waals surface area (Å²) in [7, 11) is 0. The molecule has 1 aliphatic rings. The summed E-state index contributed by atoms with van der Waals surface area (Å²) in [5.74, 6) is -0.267. The van der Waals surface area contributed by atoms with Gasteiger partial charge in [0.2, 0.25) is 0 Å². The molecule has 0 bridgehead atoms. The fraction of sp³-hybridized carbons (Fsp3) is 0.350. The fourth-order valence-corrected chi connectivity index (χ4v) is 3.99. The normalized spacial score (nSPS) is 17.0. The van der Waals surface area contributed by atoms with E-state index in [0.29, 0.717) is 11.3 Å². The van der Waals surface area contributed by atoms with Crippen molar-refractivity contribution in [2.24, 2.45) is 0 Å². The predicted molar refractivity (Wildman–Crippen MR) is 102 cm³/mol. The van der Waals surface area contributed by atoms with Crippen molar-refractivity contribution >= 4 is 23.4 Å². The Kier molecular flexibility index (Phi) is 6.39. The highest BCUT2D eigenvalue weighted by molar-refractivity contribution is 8.00. The third-order valence-electron chi connectivity index (χ3n) is 4.55. The lowest BCUT2D eigenvalue weighted by atomic mass is 10.1. The average molecular weight is 411 g/mol. The summed E-state index contributed by atoms with van der Waals surface area (Å²) < 4.78 is 43.7. The first-order chi connectivity index (χ1) is 13.3. The van der Waals surface area contributed by atoms with Crippen LogP contribution in [0.2, 0.25) is 0 Å². The van der Waals surface area contributed by atoms with Gasteiger partial charge >= 0.3 is 11.5 Å². The van der Waals surface area contributed by atoms with Gasteiger partial charge in [0.1, 0.15) is 12.4 Å². The van der Waals surface area contributed by atoms with Crippen LogP contribution in [-0.4, -0.2) is 29.2 Å². The van der Waals surface area contributed by atoms with E-state index < -0.39 is 11.5 Å². The molecule has 1 N–H and O–H groups in total. The number of nitrogens with zero attached hydrogens (tertiary/aromatic N) is 1. The van der Waals surface area contributed by atoms with Gasteiger partial charge in [-0.2, -0.15) is 13.2 Å². The van der Waals surface area contributed by atoms with Crippen LogP contribution in [0.3, 0.4) is 0 Å². The van der Waals surface area contributed by atoms with E-state index in [1.54, 1.807) is 30.3 Å². The van der Waals surface area contributed by atoms with E-state index in [9.17, 15) is 18.0 Å². The molecular weight excluding hydrogens is 391 g/mol. The molecule has 0 amide bonds. The second-order valence-electron chi connectivity index (χ2n) is 6.53. The van der Waals surface area contributed by atoms with Crippen LogP contribution in [0.5, 0.6) is 5.75 Å². The van der Waals surface area contributed by atoms with Crippen molar-refractivity contribution in [2.45, 2.75) is 42.3 Å². The van der Waals surface area contributed by atoms with Gasteiger partial charge in [-0.05, 0) is 54.9 Å². The van der Waals surface area contributed by atoms with Crippen LogP contribution in [-0.2, 0) is 11.4 Å². The quantitative estimate of drug-likeness (QED) is 0.625. The van der Waals surface area contributed by atoms with Crippen molar-refractivity contribution in [2.75, 3.05) is 11.4 Å². The summed E-state index contributed by atoms with van der Waals surface area (Å²) in [6.45, 7) is 0.837. The number of aliphatic carboxylic acids is 1. The molecule has 1 saturated heterocycles. The van der Waals surface area contributed by atoms with Crippen LogP contribution in [0, 0.1) is 0 Å². The predicted octanol–water partition coefficient (Wildman–Crippen LogP) is 5.32. The highest BCUT2D eigenvalue weighted by Gasteiger charge is 2.30. The molecule has 0 spiro atoms. The Morgan fingerprint density at radius 3 is 2.57 bits per heavy atom. The summed E-state index contributed by atoms with van der Waals surface area (Å²) in [5.41, 5.74) is -2.96. The van der Waals surface area contributed by atoms with E-state index in [0.717, 1.165) is 25.1 Å². The Morgan fingerprint density at radius 1 is 1.18 bits per heavy atom. The lowest BCUT2D eigenvalue weighted by molar-refractivity contribution is -0.137. The first-order valence-corrected chi connectivity index (χ1v) is 9.68. The Labute approximate surface area is 165 Å². The summed E-state index contributed by atoms with van der Waals surface area (Å²) in [5, 5.41) is 9.04. The number of carboxylic acids is 1. The monoisotopic (exact) mass is 411 g/mol. The molecule has 0 saturated carbocycles. The van der Waals surface area contributed by atoms with Gasteiger partial charge in [-0.25, -0.2) is 0 Å². The standard InChI is InChI=1S/C20H20F3NO3S/c21-20(22,23)28-18-6-2-1-4-14(18)13-27-17-9-7-15(8-10-17)24-11-3-5-16(24)12-19(25)26/h1-2,4,6-10,16H,3,5,11-13H2,(H,25,26)/t16-/m0/s1. The number of halogens is 3. The van der Waals surface area contributed by atoms with Gasteiger partial charge in [0, 0.05) is 28.7 Å². The van der Waals surface area contributed by atoms with Crippen LogP contribution in [0.25, 0.3) is 0 Å². The minimum atomic E-state index is -4.35. The van der Waals surface area contributed by atoms with Gasteiger partial charge in [-0.1, -0.05) is 18.2 Å². The minimum absolute atomic E-state index is 0.0180. The maximum Gasteiger partial charge on any atom is 0.446 e. The largest absolute Gasteiger partial charge is 0.489 e. The number of benzene rings is 2. The van der Waals surface area contributed by atoms with Crippen molar-refractivity contribution in [1.29, 1.82) is 0 Å². The van der Waals surface area contributed by atoms with Crippen molar-refractivity contribution in [3.63, 3.8) is 0 Å². The third kappa shape index (κ3) is 5.58. The Morgan fingerprint density at radius 2 is 1.89 bits per heavy atom. The zero-order valence-corrected chi connectivity index (χ0v) is 15.8. The Bertz CT molecular complexity index is 811. The van der Waals surface area contributed by atoms with Gasteiger partial charge in [0.05, 0.1) is 6.42 Å². The van der Waals surface area contributed by atoms with Crippen LogP contribution in [0.4, 0.5) is 18.9 Å². The lowest BCUT2D eigenvalue weighted by Crippen LogP contribution is -2.31. The van der Waals surface area contributed by atoms with Gasteiger partial charge in [0.15, 0.2) is 0 Å². The fourth-order valence-electron chi connectivity index (χ4n) is 3.33. The number of alkyl halides is 3. The molecule has 1 aliphatic heterocycles. The van der Waals surface area contributed by atoms with Crippen molar-refractivity contribution in [3.8, 4) is 5.75 Å². The number of anilines is 1. The Balaban J connectivity index is 1.63. The second kappa shape index (κ2) is 8.77. The second-order valence-corrected chi connectivity index (χ2v) is 7.63. The third-order valence-corrected chi connectivity index (χ3v) is 5.40. The van der Waals surface area contributed by atoms with Crippen LogP contribution < -0.4 is 9.64 Å². The van der Waals surface area contributed by atoms with E-state index >= 15 is 0 Å². The molecule has 28 heavy (non-hydrogen) atoms. The summed E-state index contributed by atoms with van der Waals surface area (Å²) in [6, 6.07) is 13.5. The molecule has 3 rings (SSSR count). The zero-order chi connectivity index (χ0) is 20.1. The van der Waals surface area contributed by atoms with E-state index in [2.05, 4.69) is 4.90 Å². The number of thioether (sulfide) groups is 1. The highest BCUT2D eigenvalue weighted by Crippen LogP contribution is 2.38. The lowest BCUT2D eigenvalue weighted by Gasteiger charge is -2.25. The molecule has 2 aromatic rings. The van der Waals surface area contributed by atoms with Crippen LogP contribution >= 0.6 is 11.8 Å². The van der Waals surface area contributed by atoms with Gasteiger partial charge < -0.3 is 14.7 Å². The number of carboxylic acid groups (broad SMARTS) is 1. The molecule has 0 unspecified atom stereocenters. The maximum atomic E-state index is 12.7. The zero-order valence-electron chi connectivity index (χ0n) is 15.0. The van der Waals surface area contributed by atoms with Gasteiger partial charge in [0.25, 0.3) is 0 Å². The molecule has 8 heteroatoms. The molecular formula is C20H20F3NO3S. The number of rotatable bonds is 7. The molecule has 4 nitrogen and oxygen atoms in total. The van der Waals surface area contributed by atoms with Crippen LogP contribution in [0.1, 0.15) is 24.8 Å². The van der Waals surface area contributed by atoms with Crippen molar-refractivity contribution < 1.29 is 27.8 Å². The summed E-state index contributed by atoms with van der Waals surface area (Å²) >= 11 is -0.148. The molecule has 1 fully saturated rings. The van der Waals surface area contributed by atoms with Crippen molar-refractivity contribution in [3.05, 3.63) is 54.1 Å². The molecule has 0 radical (unpaired) electrons. The van der Waals surface area contributed by atoms with E-state index in [1.165, 1.54) is 6.07 Å². The van der Waals surface area contributed by atoms with E-state index in [4.69, 9.17) is 9.84 Å². The first kappa shape index (κ1) is 20.4. The summed E-state index contributed by atoms with van der Waals surface area (Å²) in [6.07, 6.45) is 1.90. The molecule has 0 aromatic heterocycles. The first-order valence-electron chi connectivity index (χ1n) is 8.87. The number of ether oxygens (including phenoxy) is 1.